The fraction of sp³-hybridized carbons (Fsp3) is 0.350. The summed E-state index contributed by atoms with van der Waals surface area (Å²) in [5.41, 5.74) is 3.60. The molecule has 134 valence electrons. The fourth-order valence-corrected chi connectivity index (χ4v) is 4.00. The number of rotatable bonds is 6. The lowest BCUT2D eigenvalue weighted by Gasteiger charge is -2.14. The molecule has 26 heavy (non-hydrogen) atoms. The van der Waals surface area contributed by atoms with Crippen molar-refractivity contribution in [3.63, 3.8) is 0 Å². The third-order valence-electron chi connectivity index (χ3n) is 4.55. The molecule has 3 aromatic rings. The van der Waals surface area contributed by atoms with Crippen LogP contribution in [0.15, 0.2) is 53.9 Å². The summed E-state index contributed by atoms with van der Waals surface area (Å²) in [7, 11) is 0. The number of pyridine rings is 1. The third-order valence-corrected chi connectivity index (χ3v) is 5.59. The summed E-state index contributed by atoms with van der Waals surface area (Å²) in [6.07, 6.45) is 6.04. The number of ether oxygens (including phenoxy) is 1. The van der Waals surface area contributed by atoms with Crippen molar-refractivity contribution in [3.05, 3.63) is 59.9 Å². The minimum Gasteiger partial charge on any atom is -0.376 e. The van der Waals surface area contributed by atoms with Crippen molar-refractivity contribution in [3.8, 4) is 11.4 Å². The smallest absolute Gasteiger partial charge is 0.191 e. The zero-order chi connectivity index (χ0) is 17.8. The topological polar surface area (TPSA) is 52.8 Å². The van der Waals surface area contributed by atoms with Crippen molar-refractivity contribution >= 4 is 11.8 Å². The molecule has 1 aromatic carbocycles. The van der Waals surface area contributed by atoms with Gasteiger partial charge < -0.3 is 4.74 Å². The maximum atomic E-state index is 5.85. The van der Waals surface area contributed by atoms with Crippen molar-refractivity contribution in [2.24, 2.45) is 0 Å². The van der Waals surface area contributed by atoms with Crippen molar-refractivity contribution < 1.29 is 4.74 Å². The van der Waals surface area contributed by atoms with Crippen LogP contribution in [0, 0.1) is 6.92 Å². The molecule has 0 aliphatic carbocycles. The number of hydrogen-bond acceptors (Lipinski definition) is 5. The summed E-state index contributed by atoms with van der Waals surface area (Å²) in [4.78, 5) is 4.11. The Morgan fingerprint density at radius 1 is 1.12 bits per heavy atom. The highest BCUT2D eigenvalue weighted by Crippen LogP contribution is 2.28. The second kappa shape index (κ2) is 8.01. The molecule has 6 heteroatoms. The summed E-state index contributed by atoms with van der Waals surface area (Å²) < 4.78 is 8.05. The Morgan fingerprint density at radius 3 is 2.65 bits per heavy atom. The molecule has 0 radical (unpaired) electrons. The van der Waals surface area contributed by atoms with Gasteiger partial charge in [-0.05, 0) is 37.5 Å². The molecule has 4 rings (SSSR count). The highest BCUT2D eigenvalue weighted by molar-refractivity contribution is 7.98. The van der Waals surface area contributed by atoms with E-state index in [0.29, 0.717) is 0 Å². The molecule has 0 bridgehead atoms. The molecule has 0 unspecified atom stereocenters. The van der Waals surface area contributed by atoms with Gasteiger partial charge in [0, 0.05) is 30.3 Å². The first-order chi connectivity index (χ1) is 12.8. The molecule has 1 saturated heterocycles. The molecule has 0 N–H and O–H groups in total. The Hall–Kier alpha value is -2.18. The minimum atomic E-state index is 0.241. The summed E-state index contributed by atoms with van der Waals surface area (Å²) in [6.45, 7) is 3.75. The van der Waals surface area contributed by atoms with Crippen LogP contribution in [0.5, 0.6) is 0 Å². The Morgan fingerprint density at radius 2 is 1.92 bits per heavy atom. The van der Waals surface area contributed by atoms with E-state index >= 15 is 0 Å². The second-order valence-corrected chi connectivity index (χ2v) is 7.50. The van der Waals surface area contributed by atoms with E-state index in [0.717, 1.165) is 48.3 Å². The van der Waals surface area contributed by atoms with Crippen LogP contribution in [0.3, 0.4) is 0 Å². The molecular formula is C20H22N4OS. The van der Waals surface area contributed by atoms with Gasteiger partial charge in [-0.15, -0.1) is 10.2 Å². The molecular weight excluding hydrogens is 344 g/mol. The number of aryl methyl sites for hydroxylation is 1. The van der Waals surface area contributed by atoms with Crippen molar-refractivity contribution in [1.82, 2.24) is 19.7 Å². The normalized spacial score (nSPS) is 16.9. The predicted molar refractivity (Wildman–Crippen MR) is 103 cm³/mol. The minimum absolute atomic E-state index is 0.241. The zero-order valence-corrected chi connectivity index (χ0v) is 15.7. The Labute approximate surface area is 157 Å². The molecule has 1 fully saturated rings. The maximum absolute atomic E-state index is 5.85. The quantitative estimate of drug-likeness (QED) is 0.614. The van der Waals surface area contributed by atoms with Gasteiger partial charge in [-0.1, -0.05) is 41.6 Å². The lowest BCUT2D eigenvalue weighted by Crippen LogP contribution is -2.16. The number of aromatic nitrogens is 4. The van der Waals surface area contributed by atoms with Crippen LogP contribution < -0.4 is 0 Å². The SMILES string of the molecule is Cc1ccc(CSc2nnc(-c3ccncc3)n2C[C@H]2CCCO2)cc1. The van der Waals surface area contributed by atoms with Crippen LogP contribution in [-0.2, 0) is 17.0 Å². The summed E-state index contributed by atoms with van der Waals surface area (Å²) in [6, 6.07) is 12.6. The lowest BCUT2D eigenvalue weighted by molar-refractivity contribution is 0.0953. The van der Waals surface area contributed by atoms with Gasteiger partial charge in [-0.3, -0.25) is 9.55 Å². The molecule has 0 saturated carbocycles. The van der Waals surface area contributed by atoms with E-state index in [4.69, 9.17) is 4.74 Å². The van der Waals surface area contributed by atoms with Gasteiger partial charge >= 0.3 is 0 Å². The Bertz CT molecular complexity index is 842. The lowest BCUT2D eigenvalue weighted by atomic mass is 10.2. The van der Waals surface area contributed by atoms with Crippen LogP contribution in [0.25, 0.3) is 11.4 Å². The van der Waals surface area contributed by atoms with Gasteiger partial charge in [0.25, 0.3) is 0 Å². The van der Waals surface area contributed by atoms with E-state index in [1.165, 1.54) is 11.1 Å². The fourth-order valence-electron chi connectivity index (χ4n) is 3.10. The first-order valence-corrected chi connectivity index (χ1v) is 9.92. The number of thioether (sulfide) groups is 1. The van der Waals surface area contributed by atoms with Crippen LogP contribution in [0.2, 0.25) is 0 Å². The highest BCUT2D eigenvalue weighted by Gasteiger charge is 2.21. The third kappa shape index (κ3) is 3.97. The predicted octanol–water partition coefficient (Wildman–Crippen LogP) is 4.12. The standard InChI is InChI=1S/C20H22N4OS/c1-15-4-6-16(7-5-15)14-26-20-23-22-19(17-8-10-21-11-9-17)24(20)13-18-3-2-12-25-18/h4-11,18H,2-3,12-14H2,1H3/t18-/m1/s1. The van der Waals surface area contributed by atoms with Crippen molar-refractivity contribution in [1.29, 1.82) is 0 Å². The number of benzene rings is 1. The molecule has 1 atom stereocenters. The van der Waals surface area contributed by atoms with Crippen LogP contribution in [0.4, 0.5) is 0 Å². The molecule has 0 spiro atoms. The van der Waals surface area contributed by atoms with E-state index in [1.807, 2.05) is 12.1 Å². The monoisotopic (exact) mass is 366 g/mol. The molecule has 0 amide bonds. The van der Waals surface area contributed by atoms with E-state index in [-0.39, 0.29) is 6.10 Å². The number of hydrogen-bond donors (Lipinski definition) is 0. The largest absolute Gasteiger partial charge is 0.376 e. The molecule has 2 aromatic heterocycles. The highest BCUT2D eigenvalue weighted by atomic mass is 32.2. The average molecular weight is 366 g/mol. The van der Waals surface area contributed by atoms with Crippen LogP contribution in [-0.4, -0.2) is 32.5 Å². The molecule has 1 aliphatic heterocycles. The van der Waals surface area contributed by atoms with E-state index < -0.39 is 0 Å². The van der Waals surface area contributed by atoms with Crippen LogP contribution in [0.1, 0.15) is 24.0 Å². The summed E-state index contributed by atoms with van der Waals surface area (Å²) in [5.74, 6) is 1.76. The van der Waals surface area contributed by atoms with E-state index in [1.54, 1.807) is 24.2 Å². The van der Waals surface area contributed by atoms with Gasteiger partial charge in [0.2, 0.25) is 0 Å². The van der Waals surface area contributed by atoms with Crippen molar-refractivity contribution in [2.75, 3.05) is 6.61 Å². The van der Waals surface area contributed by atoms with Gasteiger partial charge in [-0.2, -0.15) is 0 Å². The maximum Gasteiger partial charge on any atom is 0.191 e. The van der Waals surface area contributed by atoms with Crippen LogP contribution >= 0.6 is 11.8 Å². The van der Waals surface area contributed by atoms with Gasteiger partial charge in [-0.25, -0.2) is 0 Å². The van der Waals surface area contributed by atoms with Gasteiger partial charge in [0.15, 0.2) is 11.0 Å². The first-order valence-electron chi connectivity index (χ1n) is 8.93. The Balaban J connectivity index is 1.58. The zero-order valence-electron chi connectivity index (χ0n) is 14.8. The second-order valence-electron chi connectivity index (χ2n) is 6.56. The number of nitrogens with zero attached hydrogens (tertiary/aromatic N) is 4. The molecule has 5 nitrogen and oxygen atoms in total. The summed E-state index contributed by atoms with van der Waals surface area (Å²) >= 11 is 1.72. The van der Waals surface area contributed by atoms with Gasteiger partial charge in [0.1, 0.15) is 0 Å². The Kier molecular flexibility index (Phi) is 5.32. The van der Waals surface area contributed by atoms with E-state index in [9.17, 15) is 0 Å². The molecule has 3 heterocycles. The van der Waals surface area contributed by atoms with Crippen molar-refractivity contribution in [2.45, 2.75) is 43.3 Å². The average Bonchev–Trinajstić information content (AvgIpc) is 3.33. The molecule has 1 aliphatic rings. The van der Waals surface area contributed by atoms with Gasteiger partial charge in [0.05, 0.1) is 12.6 Å². The first kappa shape index (κ1) is 17.2. The van der Waals surface area contributed by atoms with E-state index in [2.05, 4.69) is 50.9 Å². The summed E-state index contributed by atoms with van der Waals surface area (Å²) in [5, 5.41) is 9.87.